The number of fused-ring (bicyclic) bond motifs is 1. The van der Waals surface area contributed by atoms with Crippen LogP contribution in [0.1, 0.15) is 43.2 Å². The first-order chi connectivity index (χ1) is 15.1. The number of rotatable bonds is 6. The summed E-state index contributed by atoms with van der Waals surface area (Å²) in [5.41, 5.74) is 1.37. The summed E-state index contributed by atoms with van der Waals surface area (Å²) in [5.74, 6) is -0.893. The molecular formula is C25H28N2O4. The van der Waals surface area contributed by atoms with E-state index >= 15 is 0 Å². The Kier molecular flexibility index (Phi) is 6.37. The van der Waals surface area contributed by atoms with E-state index in [4.69, 9.17) is 4.42 Å². The molecule has 0 unspecified atom stereocenters. The van der Waals surface area contributed by atoms with E-state index in [9.17, 15) is 15.1 Å². The van der Waals surface area contributed by atoms with E-state index in [2.05, 4.69) is 10.1 Å². The fourth-order valence-corrected chi connectivity index (χ4v) is 4.66. The van der Waals surface area contributed by atoms with Crippen LogP contribution >= 0.6 is 0 Å². The zero-order valence-corrected chi connectivity index (χ0v) is 17.7. The number of hydrogen-bond acceptors (Lipinski definition) is 6. The van der Waals surface area contributed by atoms with Crippen molar-refractivity contribution in [3.63, 3.8) is 0 Å². The number of piperidine rings is 1. The molecule has 2 N–H and O–H groups in total. The maximum Gasteiger partial charge on any atom is 0.343 e. The number of nitrogens with zero attached hydrogens (tertiary/aromatic N) is 2. The van der Waals surface area contributed by atoms with Crippen LogP contribution in [0.25, 0.3) is 11.0 Å². The molecule has 1 aliphatic rings. The van der Waals surface area contributed by atoms with Crippen LogP contribution in [-0.4, -0.2) is 40.6 Å². The van der Waals surface area contributed by atoms with Gasteiger partial charge in [-0.2, -0.15) is 0 Å². The predicted octanol–water partition coefficient (Wildman–Crippen LogP) is 4.58. The number of likely N-dealkylation sites (tertiary alicyclic amines) is 1. The minimum Gasteiger partial charge on any atom is -0.507 e. The average Bonchev–Trinajstić information content (AvgIpc) is 2.81. The lowest BCUT2D eigenvalue weighted by Crippen LogP contribution is -2.39. The Morgan fingerprint density at radius 1 is 1.06 bits per heavy atom. The highest BCUT2D eigenvalue weighted by Crippen LogP contribution is 2.39. The van der Waals surface area contributed by atoms with Crippen molar-refractivity contribution < 1.29 is 14.7 Å². The number of aromatic hydroxyl groups is 1. The van der Waals surface area contributed by atoms with Crippen LogP contribution in [0.3, 0.4) is 0 Å². The second-order valence-electron chi connectivity index (χ2n) is 8.25. The molecule has 1 aliphatic heterocycles. The third kappa shape index (κ3) is 4.35. The topological polar surface area (TPSA) is 86.3 Å². The van der Waals surface area contributed by atoms with Crippen molar-refractivity contribution in [1.82, 2.24) is 4.90 Å². The van der Waals surface area contributed by atoms with E-state index in [1.807, 2.05) is 30.3 Å². The van der Waals surface area contributed by atoms with Crippen molar-refractivity contribution in [3.8, 4) is 5.75 Å². The Bertz CT molecular complexity index is 1120. The van der Waals surface area contributed by atoms with Gasteiger partial charge in [0, 0.05) is 18.4 Å². The van der Waals surface area contributed by atoms with Crippen LogP contribution in [0.15, 0.2) is 69.0 Å². The van der Waals surface area contributed by atoms with Gasteiger partial charge in [-0.1, -0.05) is 54.0 Å². The first-order valence-electron chi connectivity index (χ1n) is 10.8. The number of hydrogen-bond donors (Lipinski definition) is 2. The van der Waals surface area contributed by atoms with E-state index < -0.39 is 11.5 Å². The first kappa shape index (κ1) is 21.1. The highest BCUT2D eigenvalue weighted by molar-refractivity contribution is 5.87. The molecule has 162 valence electrons. The second kappa shape index (κ2) is 9.35. The molecule has 0 saturated carbocycles. The molecule has 1 aromatic heterocycles. The fraction of sp³-hybridized carbons (Fsp3) is 0.360. The molecule has 0 bridgehead atoms. The number of oxime groups is 1. The van der Waals surface area contributed by atoms with Gasteiger partial charge in [0.15, 0.2) is 0 Å². The van der Waals surface area contributed by atoms with Crippen LogP contribution in [-0.2, 0) is 0 Å². The maximum absolute atomic E-state index is 13.1. The number of para-hydroxylation sites is 1. The van der Waals surface area contributed by atoms with Crippen LogP contribution in [0.2, 0.25) is 0 Å². The van der Waals surface area contributed by atoms with Crippen LogP contribution in [0.4, 0.5) is 0 Å². The molecule has 31 heavy (non-hydrogen) atoms. The van der Waals surface area contributed by atoms with E-state index in [-0.39, 0.29) is 17.2 Å². The summed E-state index contributed by atoms with van der Waals surface area (Å²) in [6.07, 6.45) is 3.47. The average molecular weight is 421 g/mol. The third-order valence-electron chi connectivity index (χ3n) is 6.29. The molecule has 6 heteroatoms. The van der Waals surface area contributed by atoms with E-state index in [0.717, 1.165) is 31.5 Å². The van der Waals surface area contributed by atoms with Crippen molar-refractivity contribution in [2.75, 3.05) is 19.6 Å². The fourth-order valence-electron chi connectivity index (χ4n) is 4.66. The SMILES string of the molecule is C/C(=N/O)[C@H](CN1CCCCC1)[C@@H](c1ccccc1)c1c(O)c2ccccc2oc1=O. The summed E-state index contributed by atoms with van der Waals surface area (Å²) in [6, 6.07) is 16.6. The molecule has 2 aromatic carbocycles. The smallest absolute Gasteiger partial charge is 0.343 e. The summed E-state index contributed by atoms with van der Waals surface area (Å²) in [5, 5.41) is 24.9. The van der Waals surface area contributed by atoms with E-state index in [0.29, 0.717) is 23.2 Å². The quantitative estimate of drug-likeness (QED) is 0.264. The normalized spacial score (nSPS) is 17.5. The molecule has 0 spiro atoms. The lowest BCUT2D eigenvalue weighted by atomic mass is 9.78. The Hall–Kier alpha value is -3.12. The van der Waals surface area contributed by atoms with Gasteiger partial charge in [-0.3, -0.25) is 0 Å². The van der Waals surface area contributed by atoms with Crippen LogP contribution in [0, 0.1) is 5.92 Å². The minimum absolute atomic E-state index is 0.0740. The molecule has 6 nitrogen and oxygen atoms in total. The molecular weight excluding hydrogens is 392 g/mol. The van der Waals surface area contributed by atoms with Crippen LogP contribution < -0.4 is 5.63 Å². The van der Waals surface area contributed by atoms with Gasteiger partial charge in [0.1, 0.15) is 11.3 Å². The standard InChI is InChI=1S/C25H28N2O4/c1-17(26-30)20(16-27-14-8-3-9-15-27)22(18-10-4-2-5-11-18)23-24(28)19-12-6-7-13-21(19)31-25(23)29/h2,4-7,10-13,20,22,28,30H,3,8-9,14-16H2,1H3/b26-17-/t20-,22+/m0/s1. The summed E-state index contributed by atoms with van der Waals surface area (Å²) < 4.78 is 5.60. The molecule has 1 fully saturated rings. The van der Waals surface area contributed by atoms with E-state index in [1.54, 1.807) is 31.2 Å². The molecule has 4 rings (SSSR count). The van der Waals surface area contributed by atoms with Crippen molar-refractivity contribution in [2.24, 2.45) is 11.1 Å². The molecule has 0 radical (unpaired) electrons. The van der Waals surface area contributed by atoms with Crippen molar-refractivity contribution in [2.45, 2.75) is 32.1 Å². The second-order valence-corrected chi connectivity index (χ2v) is 8.25. The van der Waals surface area contributed by atoms with Crippen molar-refractivity contribution >= 4 is 16.7 Å². The zero-order valence-electron chi connectivity index (χ0n) is 17.7. The number of benzene rings is 2. The van der Waals surface area contributed by atoms with Gasteiger partial charge in [-0.05, 0) is 50.6 Å². The predicted molar refractivity (Wildman–Crippen MR) is 121 cm³/mol. The monoisotopic (exact) mass is 420 g/mol. The summed E-state index contributed by atoms with van der Waals surface area (Å²) in [6.45, 7) is 4.33. The molecule has 1 saturated heterocycles. The molecule has 3 aromatic rings. The third-order valence-corrected chi connectivity index (χ3v) is 6.29. The van der Waals surface area contributed by atoms with Gasteiger partial charge >= 0.3 is 5.63 Å². The van der Waals surface area contributed by atoms with Crippen LogP contribution in [0.5, 0.6) is 5.75 Å². The lowest BCUT2D eigenvalue weighted by Gasteiger charge is -2.34. The van der Waals surface area contributed by atoms with Gasteiger partial charge in [-0.25, -0.2) is 4.79 Å². The van der Waals surface area contributed by atoms with Gasteiger partial charge in [-0.15, -0.1) is 0 Å². The van der Waals surface area contributed by atoms with E-state index in [1.165, 1.54) is 6.42 Å². The van der Waals surface area contributed by atoms with Gasteiger partial charge in [0.05, 0.1) is 16.7 Å². The summed E-state index contributed by atoms with van der Waals surface area (Å²) in [7, 11) is 0. The zero-order chi connectivity index (χ0) is 21.8. The minimum atomic E-state index is -0.570. The molecule has 0 aliphatic carbocycles. The van der Waals surface area contributed by atoms with Crippen molar-refractivity contribution in [1.29, 1.82) is 0 Å². The molecule has 2 heterocycles. The Morgan fingerprint density at radius 3 is 2.45 bits per heavy atom. The summed E-state index contributed by atoms with van der Waals surface area (Å²) in [4.78, 5) is 15.5. The van der Waals surface area contributed by atoms with Crippen molar-refractivity contribution in [3.05, 3.63) is 76.1 Å². The highest BCUT2D eigenvalue weighted by Gasteiger charge is 2.35. The Morgan fingerprint density at radius 2 is 1.74 bits per heavy atom. The Labute approximate surface area is 181 Å². The molecule has 2 atom stereocenters. The maximum atomic E-state index is 13.1. The highest BCUT2D eigenvalue weighted by atomic mass is 16.4. The van der Waals surface area contributed by atoms with Gasteiger partial charge in [0.2, 0.25) is 0 Å². The lowest BCUT2D eigenvalue weighted by molar-refractivity contribution is 0.204. The van der Waals surface area contributed by atoms with Gasteiger partial charge in [0.25, 0.3) is 0 Å². The van der Waals surface area contributed by atoms with Gasteiger partial charge < -0.3 is 19.6 Å². The largest absolute Gasteiger partial charge is 0.507 e. The molecule has 0 amide bonds. The first-order valence-corrected chi connectivity index (χ1v) is 10.8. The Balaban J connectivity index is 1.90. The summed E-state index contributed by atoms with van der Waals surface area (Å²) >= 11 is 0.